The van der Waals surface area contributed by atoms with E-state index in [1.807, 2.05) is 48.5 Å². The van der Waals surface area contributed by atoms with E-state index in [9.17, 15) is 9.59 Å². The minimum atomic E-state index is -0.375. The number of amides is 1. The van der Waals surface area contributed by atoms with Crippen molar-refractivity contribution in [2.45, 2.75) is 25.3 Å². The van der Waals surface area contributed by atoms with Gasteiger partial charge in [0.1, 0.15) is 5.69 Å². The molecule has 1 aromatic heterocycles. The third-order valence-corrected chi connectivity index (χ3v) is 5.09. The van der Waals surface area contributed by atoms with Gasteiger partial charge in [-0.3, -0.25) is 4.79 Å². The van der Waals surface area contributed by atoms with Gasteiger partial charge in [-0.1, -0.05) is 30.3 Å². The van der Waals surface area contributed by atoms with Crippen molar-refractivity contribution >= 4 is 11.9 Å². The summed E-state index contributed by atoms with van der Waals surface area (Å²) in [5.74, 6) is -0.00618. The summed E-state index contributed by atoms with van der Waals surface area (Å²) in [4.78, 5) is 26.5. The zero-order chi connectivity index (χ0) is 20.4. The molecule has 29 heavy (non-hydrogen) atoms. The number of hydrogen-bond donors (Lipinski definition) is 0. The topological polar surface area (TPSA) is 64.4 Å². The maximum atomic E-state index is 13.2. The van der Waals surface area contributed by atoms with Crippen molar-refractivity contribution in [1.29, 1.82) is 0 Å². The zero-order valence-corrected chi connectivity index (χ0v) is 16.5. The molecule has 0 aliphatic heterocycles. The van der Waals surface area contributed by atoms with Crippen molar-refractivity contribution in [3.63, 3.8) is 0 Å². The van der Waals surface area contributed by atoms with Crippen LogP contribution < -0.4 is 0 Å². The first-order valence-electron chi connectivity index (χ1n) is 9.65. The van der Waals surface area contributed by atoms with Crippen LogP contribution in [-0.2, 0) is 11.3 Å². The van der Waals surface area contributed by atoms with E-state index in [-0.39, 0.29) is 11.9 Å². The van der Waals surface area contributed by atoms with E-state index in [1.165, 1.54) is 7.11 Å². The Morgan fingerprint density at radius 3 is 2.41 bits per heavy atom. The zero-order valence-electron chi connectivity index (χ0n) is 16.5. The Morgan fingerprint density at radius 2 is 1.79 bits per heavy atom. The van der Waals surface area contributed by atoms with E-state index in [2.05, 4.69) is 0 Å². The summed E-state index contributed by atoms with van der Waals surface area (Å²) in [6.07, 6.45) is 2.25. The minimum Gasteiger partial charge on any atom is -0.465 e. The van der Waals surface area contributed by atoms with Crippen LogP contribution in [0.5, 0.6) is 0 Å². The van der Waals surface area contributed by atoms with Crippen LogP contribution in [0.1, 0.15) is 50.9 Å². The Balaban J connectivity index is 1.56. The highest BCUT2D eigenvalue weighted by molar-refractivity contribution is 5.93. The van der Waals surface area contributed by atoms with E-state index in [0.29, 0.717) is 23.7 Å². The lowest BCUT2D eigenvalue weighted by atomic mass is 10.1. The predicted octanol–water partition coefficient (Wildman–Crippen LogP) is 3.81. The van der Waals surface area contributed by atoms with Crippen LogP contribution in [0.4, 0.5) is 0 Å². The van der Waals surface area contributed by atoms with Crippen molar-refractivity contribution in [3.05, 3.63) is 83.2 Å². The second-order valence-corrected chi connectivity index (χ2v) is 7.33. The second kappa shape index (κ2) is 7.91. The van der Waals surface area contributed by atoms with Crippen LogP contribution in [0.15, 0.2) is 60.7 Å². The van der Waals surface area contributed by atoms with Gasteiger partial charge in [0.25, 0.3) is 5.91 Å². The van der Waals surface area contributed by atoms with Gasteiger partial charge in [0.15, 0.2) is 0 Å². The first-order chi connectivity index (χ1) is 14.1. The third-order valence-electron chi connectivity index (χ3n) is 5.09. The fraction of sp³-hybridized carbons (Fsp3) is 0.261. The number of carbonyl (C=O) groups is 2. The molecule has 0 saturated heterocycles. The van der Waals surface area contributed by atoms with Gasteiger partial charge in [-0.2, -0.15) is 5.10 Å². The van der Waals surface area contributed by atoms with Crippen molar-refractivity contribution < 1.29 is 14.3 Å². The van der Waals surface area contributed by atoms with Crippen LogP contribution in [-0.4, -0.2) is 40.7 Å². The molecule has 1 heterocycles. The molecule has 0 bridgehead atoms. The Labute approximate surface area is 169 Å². The number of para-hydroxylation sites is 1. The number of esters is 1. The summed E-state index contributed by atoms with van der Waals surface area (Å²) in [6, 6.07) is 18.7. The Morgan fingerprint density at radius 1 is 1.10 bits per heavy atom. The number of nitrogens with zero attached hydrogens (tertiary/aromatic N) is 3. The summed E-state index contributed by atoms with van der Waals surface area (Å²) in [5.41, 5.74) is 3.83. The van der Waals surface area contributed by atoms with Gasteiger partial charge in [0.05, 0.1) is 24.1 Å². The summed E-state index contributed by atoms with van der Waals surface area (Å²) in [7, 11) is 3.13. The van der Waals surface area contributed by atoms with Crippen molar-refractivity contribution in [3.8, 4) is 5.69 Å². The number of methoxy groups -OCH3 is 1. The molecule has 1 aliphatic carbocycles. The quantitative estimate of drug-likeness (QED) is 0.602. The lowest BCUT2D eigenvalue weighted by molar-refractivity contribution is 0.0600. The van der Waals surface area contributed by atoms with Crippen molar-refractivity contribution in [2.24, 2.45) is 0 Å². The van der Waals surface area contributed by atoms with E-state index in [1.54, 1.807) is 28.8 Å². The maximum Gasteiger partial charge on any atom is 0.337 e. The van der Waals surface area contributed by atoms with Crippen LogP contribution >= 0.6 is 0 Å². The maximum absolute atomic E-state index is 13.2. The molecule has 6 heteroatoms. The summed E-state index contributed by atoms with van der Waals surface area (Å²) in [5, 5.41) is 4.71. The lowest BCUT2D eigenvalue weighted by Crippen LogP contribution is -2.28. The van der Waals surface area contributed by atoms with Gasteiger partial charge in [0.2, 0.25) is 0 Å². The minimum absolute atomic E-state index is 0.0923. The van der Waals surface area contributed by atoms with Crippen molar-refractivity contribution in [2.75, 3.05) is 14.2 Å². The Hall–Kier alpha value is -3.41. The van der Waals surface area contributed by atoms with E-state index in [0.717, 1.165) is 29.8 Å². The molecule has 0 radical (unpaired) electrons. The molecule has 6 nitrogen and oxygen atoms in total. The van der Waals surface area contributed by atoms with Crippen LogP contribution in [0.25, 0.3) is 5.69 Å². The fourth-order valence-corrected chi connectivity index (χ4v) is 3.30. The number of benzene rings is 2. The molecule has 2 aromatic carbocycles. The number of aromatic nitrogens is 2. The molecule has 1 aliphatic rings. The highest BCUT2D eigenvalue weighted by Crippen LogP contribution is 2.39. The van der Waals surface area contributed by atoms with E-state index in [4.69, 9.17) is 9.84 Å². The predicted molar refractivity (Wildman–Crippen MR) is 109 cm³/mol. The SMILES string of the molecule is COC(=O)c1ccc(CN(C)C(=O)c2cc(C3CC3)nn2-c2ccccc2)cc1. The Kier molecular flexibility index (Phi) is 5.16. The molecule has 0 unspecified atom stereocenters. The molecule has 1 fully saturated rings. The first-order valence-corrected chi connectivity index (χ1v) is 9.65. The fourth-order valence-electron chi connectivity index (χ4n) is 3.30. The number of carbonyl (C=O) groups excluding carboxylic acids is 2. The van der Waals surface area contributed by atoms with Crippen LogP contribution in [0.2, 0.25) is 0 Å². The van der Waals surface area contributed by atoms with Gasteiger partial charge < -0.3 is 9.64 Å². The largest absolute Gasteiger partial charge is 0.465 e. The average Bonchev–Trinajstić information content (AvgIpc) is 3.52. The molecular weight excluding hydrogens is 366 g/mol. The van der Waals surface area contributed by atoms with Gasteiger partial charge in [-0.15, -0.1) is 0 Å². The molecule has 1 amide bonds. The van der Waals surface area contributed by atoms with E-state index >= 15 is 0 Å². The smallest absolute Gasteiger partial charge is 0.337 e. The first kappa shape index (κ1) is 18.9. The van der Waals surface area contributed by atoms with Crippen LogP contribution in [0.3, 0.4) is 0 Å². The molecular formula is C23H23N3O3. The van der Waals surface area contributed by atoms with Gasteiger partial charge >= 0.3 is 5.97 Å². The third kappa shape index (κ3) is 4.06. The molecule has 3 aromatic rings. The molecule has 148 valence electrons. The monoisotopic (exact) mass is 389 g/mol. The van der Waals surface area contributed by atoms with Gasteiger partial charge in [0, 0.05) is 19.5 Å². The summed E-state index contributed by atoms with van der Waals surface area (Å²) < 4.78 is 6.46. The molecule has 0 spiro atoms. The molecule has 0 atom stereocenters. The molecule has 4 rings (SSSR count). The van der Waals surface area contributed by atoms with Gasteiger partial charge in [-0.25, -0.2) is 9.48 Å². The Bertz CT molecular complexity index is 1020. The summed E-state index contributed by atoms with van der Waals surface area (Å²) in [6.45, 7) is 0.430. The molecule has 1 saturated carbocycles. The number of hydrogen-bond acceptors (Lipinski definition) is 4. The van der Waals surface area contributed by atoms with Gasteiger partial charge in [-0.05, 0) is 48.7 Å². The molecule has 0 N–H and O–H groups in total. The number of ether oxygens (including phenoxy) is 1. The highest BCUT2D eigenvalue weighted by atomic mass is 16.5. The lowest BCUT2D eigenvalue weighted by Gasteiger charge is -2.18. The highest BCUT2D eigenvalue weighted by Gasteiger charge is 2.29. The van der Waals surface area contributed by atoms with Crippen molar-refractivity contribution in [1.82, 2.24) is 14.7 Å². The summed E-state index contributed by atoms with van der Waals surface area (Å²) >= 11 is 0. The van der Waals surface area contributed by atoms with E-state index < -0.39 is 0 Å². The standard InChI is InChI=1S/C23H23N3O3/c1-25(15-16-8-10-18(11-9-16)23(28)29-2)22(27)21-14-20(17-12-13-17)24-26(21)19-6-4-3-5-7-19/h3-11,14,17H,12-13,15H2,1-2H3. The van der Waals surface area contributed by atoms with Crippen LogP contribution in [0, 0.1) is 0 Å². The second-order valence-electron chi connectivity index (χ2n) is 7.33. The number of rotatable bonds is 6. The normalized spacial score (nSPS) is 13.2. The average molecular weight is 389 g/mol.